The van der Waals surface area contributed by atoms with Crippen LogP contribution in [0.15, 0.2) is 9.64 Å². The van der Waals surface area contributed by atoms with Crippen LogP contribution in [0.3, 0.4) is 0 Å². The van der Waals surface area contributed by atoms with Crippen molar-refractivity contribution in [2.75, 3.05) is 19.5 Å². The summed E-state index contributed by atoms with van der Waals surface area (Å²) in [5.41, 5.74) is 0. The molecule has 7 nitrogen and oxygen atoms in total. The molecule has 1 aliphatic carbocycles. The first-order valence-corrected chi connectivity index (χ1v) is 10.3. The molecule has 2 rings (SSSR count). The van der Waals surface area contributed by atoms with Crippen LogP contribution in [0, 0.1) is 5.92 Å². The van der Waals surface area contributed by atoms with Gasteiger partial charge in [0, 0.05) is 18.9 Å². The van der Waals surface area contributed by atoms with Crippen LogP contribution in [0.1, 0.15) is 63.1 Å². The topological polar surface area (TPSA) is 85.5 Å². The van der Waals surface area contributed by atoms with Crippen molar-refractivity contribution in [1.82, 2.24) is 15.1 Å². The number of aromatic nitrogens is 2. The average Bonchev–Trinajstić information content (AvgIpc) is 3.11. The fraction of sp³-hybridized carbons (Fsp3) is 0.778. The summed E-state index contributed by atoms with van der Waals surface area (Å²) in [7, 11) is 1.62. The molecule has 26 heavy (non-hydrogen) atoms. The van der Waals surface area contributed by atoms with Crippen molar-refractivity contribution in [3.8, 4) is 0 Å². The zero-order chi connectivity index (χ0) is 18.9. The third kappa shape index (κ3) is 5.81. The van der Waals surface area contributed by atoms with Crippen LogP contribution in [0.2, 0.25) is 0 Å². The third-order valence-corrected chi connectivity index (χ3v) is 5.39. The van der Waals surface area contributed by atoms with Crippen LogP contribution in [0.5, 0.6) is 0 Å². The van der Waals surface area contributed by atoms with Gasteiger partial charge in [0.2, 0.25) is 12.2 Å². The van der Waals surface area contributed by atoms with Crippen molar-refractivity contribution in [3.63, 3.8) is 0 Å². The van der Waals surface area contributed by atoms with Crippen LogP contribution in [-0.4, -0.2) is 58.8 Å². The van der Waals surface area contributed by atoms with E-state index in [1.165, 1.54) is 18.2 Å². The molecule has 1 heterocycles. The molecular formula is C18H29N3O4S. The number of ketones is 1. The first kappa shape index (κ1) is 20.9. The number of nitrogens with zero attached hydrogens (tertiary/aromatic N) is 3. The highest BCUT2D eigenvalue weighted by Gasteiger charge is 2.35. The second-order valence-electron chi connectivity index (χ2n) is 7.07. The van der Waals surface area contributed by atoms with E-state index >= 15 is 0 Å². The molecule has 0 spiro atoms. The lowest BCUT2D eigenvalue weighted by Gasteiger charge is -2.36. The number of hydrogen-bond acceptors (Lipinski definition) is 7. The van der Waals surface area contributed by atoms with Crippen molar-refractivity contribution >= 4 is 24.0 Å². The van der Waals surface area contributed by atoms with E-state index in [-0.39, 0.29) is 23.6 Å². The molecule has 0 saturated heterocycles. The molecule has 146 valence electrons. The van der Waals surface area contributed by atoms with Crippen molar-refractivity contribution in [1.29, 1.82) is 0 Å². The largest absolute Gasteiger partial charge is 0.408 e. The monoisotopic (exact) mass is 383 g/mol. The van der Waals surface area contributed by atoms with E-state index < -0.39 is 6.04 Å². The molecular weight excluding hydrogens is 354 g/mol. The molecule has 1 aromatic rings. The summed E-state index contributed by atoms with van der Waals surface area (Å²) in [6.07, 6.45) is 6.69. The van der Waals surface area contributed by atoms with E-state index in [1.807, 2.05) is 13.8 Å². The Hall–Kier alpha value is -1.41. The molecule has 1 amide bonds. The number of methoxy groups -OCH3 is 1. The number of carbonyl (C=O) groups is 2. The van der Waals surface area contributed by atoms with Gasteiger partial charge in [-0.05, 0) is 25.2 Å². The molecule has 0 N–H and O–H groups in total. The van der Waals surface area contributed by atoms with Crippen LogP contribution >= 0.6 is 11.8 Å². The molecule has 1 aliphatic rings. The summed E-state index contributed by atoms with van der Waals surface area (Å²) in [6, 6.07) is -0.430. The van der Waals surface area contributed by atoms with Gasteiger partial charge in [0.1, 0.15) is 6.04 Å². The fourth-order valence-electron chi connectivity index (χ4n) is 3.33. The smallest absolute Gasteiger partial charge is 0.286 e. The van der Waals surface area contributed by atoms with Gasteiger partial charge in [-0.25, -0.2) is 0 Å². The lowest BCUT2D eigenvalue weighted by molar-refractivity contribution is -0.122. The SMILES string of the molecule is COCCSc1nnc(C(=O)[C@H](CC(C)C)N(C=O)C2CCCCC2)o1. The van der Waals surface area contributed by atoms with E-state index in [0.29, 0.717) is 24.0 Å². The van der Waals surface area contributed by atoms with Crippen LogP contribution in [-0.2, 0) is 9.53 Å². The number of ether oxygens (including phenoxy) is 1. The predicted molar refractivity (Wildman–Crippen MR) is 99.2 cm³/mol. The average molecular weight is 384 g/mol. The first-order valence-electron chi connectivity index (χ1n) is 9.29. The van der Waals surface area contributed by atoms with Gasteiger partial charge < -0.3 is 14.1 Å². The van der Waals surface area contributed by atoms with Gasteiger partial charge in [0.25, 0.3) is 11.1 Å². The summed E-state index contributed by atoms with van der Waals surface area (Å²) in [6.45, 7) is 4.65. The van der Waals surface area contributed by atoms with Gasteiger partial charge in [-0.1, -0.05) is 44.9 Å². The van der Waals surface area contributed by atoms with Gasteiger partial charge in [-0.15, -0.1) is 10.2 Å². The molecule has 0 radical (unpaired) electrons. The first-order chi connectivity index (χ1) is 12.6. The molecule has 1 saturated carbocycles. The van der Waals surface area contributed by atoms with Crippen molar-refractivity contribution in [2.24, 2.45) is 5.92 Å². The summed E-state index contributed by atoms with van der Waals surface area (Å²) in [4.78, 5) is 26.6. The van der Waals surface area contributed by atoms with Gasteiger partial charge in [0.15, 0.2) is 0 Å². The Morgan fingerprint density at radius 1 is 1.35 bits per heavy atom. The molecule has 0 bridgehead atoms. The summed E-state index contributed by atoms with van der Waals surface area (Å²) < 4.78 is 10.5. The minimum Gasteiger partial charge on any atom is -0.408 e. The number of hydrogen-bond donors (Lipinski definition) is 0. The second-order valence-corrected chi connectivity index (χ2v) is 8.11. The predicted octanol–water partition coefficient (Wildman–Crippen LogP) is 3.20. The van der Waals surface area contributed by atoms with E-state index in [4.69, 9.17) is 9.15 Å². The molecule has 1 fully saturated rings. The number of Topliss-reactive ketones (excluding diaryl/α,β-unsaturated/α-hetero) is 1. The van der Waals surface area contributed by atoms with E-state index in [2.05, 4.69) is 10.2 Å². The lowest BCUT2D eigenvalue weighted by atomic mass is 9.91. The second kappa shape index (κ2) is 10.7. The maximum absolute atomic E-state index is 13.0. The van der Waals surface area contributed by atoms with Crippen LogP contribution < -0.4 is 0 Å². The van der Waals surface area contributed by atoms with E-state index in [9.17, 15) is 9.59 Å². The highest BCUT2D eigenvalue weighted by molar-refractivity contribution is 7.99. The zero-order valence-corrected chi connectivity index (χ0v) is 16.7. The maximum Gasteiger partial charge on any atom is 0.286 e. The van der Waals surface area contributed by atoms with Crippen molar-refractivity contribution in [2.45, 2.75) is 69.7 Å². The van der Waals surface area contributed by atoms with Gasteiger partial charge in [0.05, 0.1) is 6.61 Å². The number of amides is 1. The van der Waals surface area contributed by atoms with Crippen LogP contribution in [0.25, 0.3) is 0 Å². The van der Waals surface area contributed by atoms with Crippen molar-refractivity contribution in [3.05, 3.63) is 5.89 Å². The molecule has 1 aromatic heterocycles. The lowest BCUT2D eigenvalue weighted by Crippen LogP contribution is -2.48. The molecule has 0 unspecified atom stereocenters. The Morgan fingerprint density at radius 3 is 2.69 bits per heavy atom. The highest BCUT2D eigenvalue weighted by atomic mass is 32.2. The minimum absolute atomic E-state index is 0.0155. The van der Waals surface area contributed by atoms with Crippen molar-refractivity contribution < 1.29 is 18.7 Å². The van der Waals surface area contributed by atoms with Gasteiger partial charge in [-0.2, -0.15) is 0 Å². The van der Waals surface area contributed by atoms with Gasteiger partial charge >= 0.3 is 0 Å². The Bertz CT molecular complexity index is 573. The van der Waals surface area contributed by atoms with Crippen LogP contribution in [0.4, 0.5) is 0 Å². The molecule has 0 aliphatic heterocycles. The summed E-state index contributed by atoms with van der Waals surface area (Å²) >= 11 is 1.35. The normalized spacial score (nSPS) is 16.6. The Labute approximate surface area is 159 Å². The number of carbonyl (C=O) groups excluding carboxylic acids is 2. The molecule has 8 heteroatoms. The molecule has 1 atom stereocenters. The Morgan fingerprint density at radius 2 is 2.08 bits per heavy atom. The number of rotatable bonds is 11. The van der Waals surface area contributed by atoms with E-state index in [0.717, 1.165) is 32.1 Å². The Kier molecular flexibility index (Phi) is 8.58. The van der Waals surface area contributed by atoms with Gasteiger partial charge in [-0.3, -0.25) is 9.59 Å². The zero-order valence-electron chi connectivity index (χ0n) is 15.8. The fourth-order valence-corrected chi connectivity index (χ4v) is 3.99. The highest BCUT2D eigenvalue weighted by Crippen LogP contribution is 2.27. The molecule has 0 aromatic carbocycles. The Balaban J connectivity index is 2.13. The quantitative estimate of drug-likeness (QED) is 0.251. The third-order valence-electron chi connectivity index (χ3n) is 4.61. The number of thioether (sulfide) groups is 1. The standard InChI is InChI=1S/C18H29N3O4S/c1-13(2)11-15(21(12-22)14-7-5-4-6-8-14)16(23)17-19-20-18(25-17)26-10-9-24-3/h12-15H,4-11H2,1-3H3/t15-/m0/s1. The maximum atomic E-state index is 13.0. The van der Waals surface area contributed by atoms with E-state index in [1.54, 1.807) is 12.0 Å². The summed E-state index contributed by atoms with van der Waals surface area (Å²) in [5, 5.41) is 8.20. The summed E-state index contributed by atoms with van der Waals surface area (Å²) in [5.74, 6) is 0.666. The minimum atomic E-state index is -0.548.